The quantitative estimate of drug-likeness (QED) is 0.118. The number of thiophene rings is 1. The van der Waals surface area contributed by atoms with Gasteiger partial charge in [-0.1, -0.05) is 143 Å². The van der Waals surface area contributed by atoms with E-state index in [0.717, 1.165) is 33.6 Å². The van der Waals surface area contributed by atoms with E-state index < -0.39 is 14.0 Å². The minimum atomic E-state index is -1.57. The molecule has 0 fully saturated rings. The third-order valence-corrected chi connectivity index (χ3v) is 12.9. The molecular weight excluding hydrogens is 869 g/mol. The fraction of sp³-hybridized carbons (Fsp3) is 0.184. The Balaban J connectivity index is 0.000000184. The molecule has 0 aliphatic heterocycles. The summed E-state index contributed by atoms with van der Waals surface area (Å²) in [6, 6.07) is 51.2. The van der Waals surface area contributed by atoms with Crippen LogP contribution in [0, 0.1) is 12.1 Å². The zero-order chi connectivity index (χ0) is 38.0. The van der Waals surface area contributed by atoms with Crippen molar-refractivity contribution in [3.63, 3.8) is 0 Å². The molecule has 1 radical (unpaired) electrons. The molecule has 0 aliphatic rings. The maximum absolute atomic E-state index is 8.61. The van der Waals surface area contributed by atoms with Crippen molar-refractivity contribution in [1.82, 2.24) is 9.97 Å². The molecule has 8 aromatic rings. The Bertz CT molecular complexity index is 2550. The van der Waals surface area contributed by atoms with Gasteiger partial charge in [-0.3, -0.25) is 0 Å². The van der Waals surface area contributed by atoms with Crippen molar-refractivity contribution in [2.24, 2.45) is 0 Å². The average molecular weight is 916 g/mol. The van der Waals surface area contributed by atoms with Gasteiger partial charge in [0.2, 0.25) is 0 Å². The summed E-state index contributed by atoms with van der Waals surface area (Å²) in [4.78, 5) is 9.40. The van der Waals surface area contributed by atoms with Crippen molar-refractivity contribution in [3.8, 4) is 44.8 Å². The standard InChI is InChI=1S/C26H20NS.C23H26NSi.Ir/c1-17(2)19-13-14-27-24(16-19)22-10-6-9-21-23-15-20(18-7-4-3-5-8-18)11-12-25(23)28-26(21)22;1-17(2)21-15-22(24-16-23(21)25(3,4)5)20-13-9-12-19(14-20)18-10-7-6-8-11-18;/h3-9,11-17H,1-2H3;6-12,14-17H,1-5H3;/q2*-1;/i;17D;. The summed E-state index contributed by atoms with van der Waals surface area (Å²) in [5, 5.41) is 3.85. The first-order chi connectivity index (χ1) is 25.9. The Labute approximate surface area is 341 Å². The largest absolute Gasteiger partial charge is 0.305 e. The minimum Gasteiger partial charge on any atom is -0.305 e. The van der Waals surface area contributed by atoms with Crippen LogP contribution >= 0.6 is 11.3 Å². The molecule has 0 saturated carbocycles. The van der Waals surface area contributed by atoms with Crippen molar-refractivity contribution in [2.75, 3.05) is 0 Å². The average Bonchev–Trinajstić information content (AvgIpc) is 3.56. The number of fused-ring (bicyclic) bond motifs is 3. The summed E-state index contributed by atoms with van der Waals surface area (Å²) in [7, 11) is -1.57. The molecular formula is C49H46IrN2SSi-2. The summed E-state index contributed by atoms with van der Waals surface area (Å²) in [6.45, 7) is 15.3. The van der Waals surface area contributed by atoms with E-state index in [0.29, 0.717) is 5.92 Å². The van der Waals surface area contributed by atoms with E-state index in [1.165, 1.54) is 47.6 Å². The van der Waals surface area contributed by atoms with Crippen molar-refractivity contribution < 1.29 is 21.5 Å². The Morgan fingerprint density at radius 3 is 1.96 bits per heavy atom. The summed E-state index contributed by atoms with van der Waals surface area (Å²) in [6.07, 6.45) is 3.91. The SMILES string of the molecule is CC(C)c1ccnc(-c2[c-]ccc3c2sc2ccc(-c4ccccc4)cc23)c1.[2H]C(C)(C)c1cc(-c2[c-]ccc(-c3ccccc3)c2)ncc1[Si](C)(C)C.[Ir]. The van der Waals surface area contributed by atoms with E-state index in [4.69, 9.17) is 6.35 Å². The van der Waals surface area contributed by atoms with Gasteiger partial charge in [0.25, 0.3) is 0 Å². The topological polar surface area (TPSA) is 25.8 Å². The molecule has 3 heterocycles. The molecule has 0 amide bonds. The molecule has 0 unspecified atom stereocenters. The smallest absolute Gasteiger partial charge is 0.0799 e. The predicted molar refractivity (Wildman–Crippen MR) is 232 cm³/mol. The van der Waals surface area contributed by atoms with Crippen LogP contribution in [-0.2, 0) is 20.1 Å². The second-order valence-electron chi connectivity index (χ2n) is 15.1. The van der Waals surface area contributed by atoms with Gasteiger partial charge >= 0.3 is 0 Å². The summed E-state index contributed by atoms with van der Waals surface area (Å²) in [5.74, 6) is -0.165. The third-order valence-electron chi connectivity index (χ3n) is 9.68. The van der Waals surface area contributed by atoms with E-state index in [-0.39, 0.29) is 20.1 Å². The van der Waals surface area contributed by atoms with Gasteiger partial charge in [-0.15, -0.1) is 59.2 Å². The first-order valence-electron chi connectivity index (χ1n) is 18.8. The van der Waals surface area contributed by atoms with Gasteiger partial charge in [-0.05, 0) is 73.4 Å². The zero-order valence-electron chi connectivity index (χ0n) is 33.0. The molecule has 0 atom stereocenters. The van der Waals surface area contributed by atoms with Crippen LogP contribution in [0.25, 0.3) is 64.9 Å². The molecule has 8 rings (SSSR count). The van der Waals surface area contributed by atoms with Crippen LogP contribution in [0.1, 0.15) is 52.0 Å². The first-order valence-corrected chi connectivity index (χ1v) is 22.7. The van der Waals surface area contributed by atoms with E-state index in [1.54, 1.807) is 0 Å². The monoisotopic (exact) mass is 916 g/mol. The normalized spacial score (nSPS) is 11.9. The Kier molecular flexibility index (Phi) is 11.8. The van der Waals surface area contributed by atoms with Crippen LogP contribution in [0.2, 0.25) is 19.6 Å². The van der Waals surface area contributed by atoms with E-state index in [1.807, 2.05) is 67.9 Å². The maximum Gasteiger partial charge on any atom is 0.0799 e. The number of hydrogen-bond donors (Lipinski definition) is 0. The van der Waals surface area contributed by atoms with E-state index in [2.05, 4.69) is 148 Å². The van der Waals surface area contributed by atoms with Crippen LogP contribution < -0.4 is 5.19 Å². The molecule has 273 valence electrons. The van der Waals surface area contributed by atoms with Crippen molar-refractivity contribution in [1.29, 1.82) is 0 Å². The van der Waals surface area contributed by atoms with Gasteiger partial charge in [-0.2, -0.15) is 11.3 Å². The van der Waals surface area contributed by atoms with E-state index >= 15 is 0 Å². The van der Waals surface area contributed by atoms with Gasteiger partial charge in [0.15, 0.2) is 0 Å². The molecule has 2 nitrogen and oxygen atoms in total. The molecule has 0 bridgehead atoms. The number of aromatic nitrogens is 2. The molecule has 0 spiro atoms. The van der Waals surface area contributed by atoms with Crippen LogP contribution in [0.15, 0.2) is 140 Å². The third kappa shape index (κ3) is 8.56. The summed E-state index contributed by atoms with van der Waals surface area (Å²) in [5.41, 5.74) is 11.2. The zero-order valence-corrected chi connectivity index (χ0v) is 36.2. The first kappa shape index (κ1) is 37.8. The van der Waals surface area contributed by atoms with Gasteiger partial charge < -0.3 is 9.97 Å². The van der Waals surface area contributed by atoms with Crippen molar-refractivity contribution in [3.05, 3.63) is 163 Å². The van der Waals surface area contributed by atoms with Crippen molar-refractivity contribution in [2.45, 2.75) is 59.1 Å². The fourth-order valence-corrected chi connectivity index (χ4v) is 9.49. The van der Waals surface area contributed by atoms with Gasteiger partial charge in [0.05, 0.1) is 8.07 Å². The minimum absolute atomic E-state index is 0. The molecule has 5 heteroatoms. The second-order valence-corrected chi connectivity index (χ2v) is 21.2. The summed E-state index contributed by atoms with van der Waals surface area (Å²) < 4.78 is 11.2. The van der Waals surface area contributed by atoms with Crippen LogP contribution in [0.3, 0.4) is 0 Å². The van der Waals surface area contributed by atoms with E-state index in [9.17, 15) is 0 Å². The maximum atomic E-state index is 8.61. The van der Waals surface area contributed by atoms with Crippen LogP contribution in [0.5, 0.6) is 0 Å². The second kappa shape index (κ2) is 16.9. The number of nitrogens with zero attached hydrogens (tertiary/aromatic N) is 2. The molecule has 0 aliphatic carbocycles. The number of pyridine rings is 2. The number of benzene rings is 5. The number of hydrogen-bond acceptors (Lipinski definition) is 3. The van der Waals surface area contributed by atoms with Crippen LogP contribution in [0.4, 0.5) is 0 Å². The van der Waals surface area contributed by atoms with Crippen molar-refractivity contribution >= 4 is 44.8 Å². The molecule has 0 N–H and O–H groups in total. The number of rotatable bonds is 7. The van der Waals surface area contributed by atoms with Gasteiger partial charge in [0, 0.05) is 38.6 Å². The Hall–Kier alpha value is -4.51. The fourth-order valence-electron chi connectivity index (χ4n) is 6.72. The van der Waals surface area contributed by atoms with Crippen LogP contribution in [-0.4, -0.2) is 18.0 Å². The summed E-state index contributed by atoms with van der Waals surface area (Å²) >= 11 is 1.83. The Morgan fingerprint density at radius 1 is 0.648 bits per heavy atom. The molecule has 5 aromatic carbocycles. The Morgan fingerprint density at radius 2 is 1.31 bits per heavy atom. The molecule has 0 saturated heterocycles. The van der Waals surface area contributed by atoms with Gasteiger partial charge in [-0.25, -0.2) is 0 Å². The van der Waals surface area contributed by atoms with Gasteiger partial charge in [0.1, 0.15) is 0 Å². The molecule has 3 aromatic heterocycles. The molecule has 54 heavy (non-hydrogen) atoms. The predicted octanol–water partition coefficient (Wildman–Crippen LogP) is 13.6.